The molecule has 2 fully saturated rings. The molecule has 1 unspecified atom stereocenters. The molecule has 5 heteroatoms. The van der Waals surface area contributed by atoms with Crippen molar-refractivity contribution in [1.82, 2.24) is 9.80 Å². The Bertz CT molecular complexity index is 579. The van der Waals surface area contributed by atoms with Gasteiger partial charge in [-0.3, -0.25) is 4.79 Å². The number of nitrogens with zero attached hydrogens (tertiary/aromatic N) is 2. The molecule has 1 N–H and O–H groups in total. The molecule has 2 aliphatic heterocycles. The van der Waals surface area contributed by atoms with Crippen LogP contribution in [-0.2, 0) is 16.0 Å². The lowest BCUT2D eigenvalue weighted by Crippen LogP contribution is -2.44. The lowest BCUT2D eigenvalue weighted by molar-refractivity contribution is -0.132. The minimum absolute atomic E-state index is 0.182. The molecule has 2 aliphatic rings. The summed E-state index contributed by atoms with van der Waals surface area (Å²) in [6, 6.07) is 6.91. The third-order valence-corrected chi connectivity index (χ3v) is 5.81. The van der Waals surface area contributed by atoms with Gasteiger partial charge >= 0.3 is 0 Å². The van der Waals surface area contributed by atoms with E-state index < -0.39 is 0 Å². The van der Waals surface area contributed by atoms with Gasteiger partial charge in [0.1, 0.15) is 5.75 Å². The number of carbonyl (C=O) groups is 1. The maximum absolute atomic E-state index is 12.5. The Morgan fingerprint density at radius 1 is 1.32 bits per heavy atom. The molecule has 2 heterocycles. The van der Waals surface area contributed by atoms with Gasteiger partial charge in [0, 0.05) is 19.6 Å². The average Bonchev–Trinajstić information content (AvgIpc) is 2.99. The molecule has 0 aliphatic carbocycles. The summed E-state index contributed by atoms with van der Waals surface area (Å²) >= 11 is 0. The van der Waals surface area contributed by atoms with E-state index in [4.69, 9.17) is 4.74 Å². The Balaban J connectivity index is 1.48. The first-order chi connectivity index (χ1) is 12.0. The highest BCUT2D eigenvalue weighted by Crippen LogP contribution is 2.42. The lowest BCUT2D eigenvalue weighted by Gasteiger charge is -2.38. The number of amides is 1. The Morgan fingerprint density at radius 3 is 2.64 bits per heavy atom. The fraction of sp³-hybridized carbons (Fsp3) is 0.650. The number of hydrogen-bond acceptors (Lipinski definition) is 4. The SMILES string of the molecule is CCN(C)CC1CC2(CCN(C(=O)Cc3ccc(O)cc3)CC2)CO1. The fourth-order valence-corrected chi connectivity index (χ4v) is 3.97. The van der Waals surface area contributed by atoms with Crippen molar-refractivity contribution < 1.29 is 14.6 Å². The molecule has 3 rings (SSSR count). The second-order valence-corrected chi connectivity index (χ2v) is 7.72. The number of phenols is 1. The number of carbonyl (C=O) groups excluding carboxylic acids is 1. The Morgan fingerprint density at radius 2 is 2.00 bits per heavy atom. The predicted octanol–water partition coefficient (Wildman–Crippen LogP) is 2.28. The van der Waals surface area contributed by atoms with Crippen molar-refractivity contribution in [1.29, 1.82) is 0 Å². The molecule has 1 atom stereocenters. The number of likely N-dealkylation sites (N-methyl/N-ethyl adjacent to an activating group) is 1. The van der Waals surface area contributed by atoms with Gasteiger partial charge in [-0.1, -0.05) is 19.1 Å². The van der Waals surface area contributed by atoms with Crippen LogP contribution in [0.25, 0.3) is 0 Å². The summed E-state index contributed by atoms with van der Waals surface area (Å²) in [4.78, 5) is 16.8. The summed E-state index contributed by atoms with van der Waals surface area (Å²) in [6.45, 7) is 6.72. The molecule has 138 valence electrons. The topological polar surface area (TPSA) is 53.0 Å². The number of benzene rings is 1. The summed E-state index contributed by atoms with van der Waals surface area (Å²) in [5, 5.41) is 9.34. The lowest BCUT2D eigenvalue weighted by atomic mass is 9.76. The van der Waals surface area contributed by atoms with E-state index >= 15 is 0 Å². The van der Waals surface area contributed by atoms with E-state index in [-0.39, 0.29) is 17.1 Å². The minimum Gasteiger partial charge on any atom is -0.508 e. The first kappa shape index (κ1) is 18.2. The van der Waals surface area contributed by atoms with Crippen molar-refractivity contribution >= 4 is 5.91 Å². The van der Waals surface area contributed by atoms with Crippen molar-refractivity contribution in [2.24, 2.45) is 5.41 Å². The van der Waals surface area contributed by atoms with Gasteiger partial charge < -0.3 is 19.6 Å². The third-order valence-electron chi connectivity index (χ3n) is 5.81. The zero-order valence-corrected chi connectivity index (χ0v) is 15.4. The van der Waals surface area contributed by atoms with Crippen LogP contribution in [0.15, 0.2) is 24.3 Å². The Hall–Kier alpha value is -1.59. The molecule has 2 saturated heterocycles. The van der Waals surface area contributed by atoms with Crippen LogP contribution < -0.4 is 0 Å². The van der Waals surface area contributed by atoms with Crippen LogP contribution in [0.2, 0.25) is 0 Å². The van der Waals surface area contributed by atoms with Gasteiger partial charge in [-0.15, -0.1) is 0 Å². The number of piperidine rings is 1. The molecule has 1 aromatic carbocycles. The predicted molar refractivity (Wildman–Crippen MR) is 97.6 cm³/mol. The molecular weight excluding hydrogens is 316 g/mol. The van der Waals surface area contributed by atoms with Gasteiger partial charge in [0.2, 0.25) is 5.91 Å². The van der Waals surface area contributed by atoms with Crippen molar-refractivity contribution in [3.63, 3.8) is 0 Å². The standard InChI is InChI=1S/C20H30N2O3/c1-3-21(2)14-18-13-20(15-25-18)8-10-22(11-9-20)19(24)12-16-4-6-17(23)7-5-16/h4-7,18,23H,3,8-15H2,1-2H3. The number of likely N-dealkylation sites (tertiary alicyclic amines) is 1. The fourth-order valence-electron chi connectivity index (χ4n) is 3.97. The average molecular weight is 346 g/mol. The number of ether oxygens (including phenoxy) is 1. The third kappa shape index (κ3) is 4.53. The van der Waals surface area contributed by atoms with Gasteiger partial charge in [-0.2, -0.15) is 0 Å². The first-order valence-electron chi connectivity index (χ1n) is 9.35. The normalized spacial score (nSPS) is 22.7. The Kier molecular flexibility index (Phi) is 5.64. The largest absolute Gasteiger partial charge is 0.508 e. The smallest absolute Gasteiger partial charge is 0.226 e. The summed E-state index contributed by atoms with van der Waals surface area (Å²) in [7, 11) is 2.14. The van der Waals surface area contributed by atoms with E-state index in [9.17, 15) is 9.90 Å². The number of hydrogen-bond donors (Lipinski definition) is 1. The number of aromatic hydroxyl groups is 1. The van der Waals surface area contributed by atoms with Crippen LogP contribution in [0.1, 0.15) is 31.7 Å². The zero-order valence-electron chi connectivity index (χ0n) is 15.4. The molecule has 0 saturated carbocycles. The van der Waals surface area contributed by atoms with E-state index in [0.717, 1.165) is 57.6 Å². The molecule has 1 spiro atoms. The summed E-state index contributed by atoms with van der Waals surface area (Å²) in [6.07, 6.45) is 3.95. The molecule has 1 aromatic rings. The highest BCUT2D eigenvalue weighted by atomic mass is 16.5. The molecule has 1 amide bonds. The molecule has 0 bridgehead atoms. The molecule has 0 aromatic heterocycles. The summed E-state index contributed by atoms with van der Waals surface area (Å²) in [5.41, 5.74) is 1.23. The van der Waals surface area contributed by atoms with Gasteiger partial charge in [-0.05, 0) is 56.0 Å². The second kappa shape index (κ2) is 7.75. The van der Waals surface area contributed by atoms with E-state index in [2.05, 4.69) is 18.9 Å². The van der Waals surface area contributed by atoms with Crippen molar-refractivity contribution in [2.75, 3.05) is 39.8 Å². The highest BCUT2D eigenvalue weighted by molar-refractivity contribution is 5.78. The molecular formula is C20H30N2O3. The summed E-state index contributed by atoms with van der Waals surface area (Å²) < 4.78 is 6.05. The van der Waals surface area contributed by atoms with Gasteiger partial charge in [0.15, 0.2) is 0 Å². The van der Waals surface area contributed by atoms with Gasteiger partial charge in [-0.25, -0.2) is 0 Å². The first-order valence-corrected chi connectivity index (χ1v) is 9.35. The van der Waals surface area contributed by atoms with Crippen molar-refractivity contribution in [3.05, 3.63) is 29.8 Å². The van der Waals surface area contributed by atoms with Crippen LogP contribution in [0.4, 0.5) is 0 Å². The van der Waals surface area contributed by atoms with E-state index in [1.165, 1.54) is 0 Å². The van der Waals surface area contributed by atoms with Crippen molar-refractivity contribution in [2.45, 2.75) is 38.7 Å². The minimum atomic E-state index is 0.182. The number of phenolic OH excluding ortho intramolecular Hbond substituents is 1. The van der Waals surface area contributed by atoms with E-state index in [1.807, 2.05) is 17.0 Å². The van der Waals surface area contributed by atoms with Crippen molar-refractivity contribution in [3.8, 4) is 5.75 Å². The van der Waals surface area contributed by atoms with Crippen LogP contribution >= 0.6 is 0 Å². The van der Waals surface area contributed by atoms with Gasteiger partial charge in [0.05, 0.1) is 19.1 Å². The molecule has 25 heavy (non-hydrogen) atoms. The van der Waals surface area contributed by atoms with Gasteiger partial charge in [0.25, 0.3) is 0 Å². The van der Waals surface area contributed by atoms with E-state index in [1.54, 1.807) is 12.1 Å². The second-order valence-electron chi connectivity index (χ2n) is 7.72. The summed E-state index contributed by atoms with van der Waals surface area (Å²) in [5.74, 6) is 0.419. The monoisotopic (exact) mass is 346 g/mol. The number of rotatable bonds is 5. The van der Waals surface area contributed by atoms with Crippen LogP contribution in [0, 0.1) is 5.41 Å². The maximum atomic E-state index is 12.5. The molecule has 5 nitrogen and oxygen atoms in total. The highest BCUT2D eigenvalue weighted by Gasteiger charge is 2.43. The maximum Gasteiger partial charge on any atom is 0.226 e. The van der Waals surface area contributed by atoms with Crippen LogP contribution in [-0.4, -0.2) is 66.8 Å². The molecule has 0 radical (unpaired) electrons. The zero-order chi connectivity index (χ0) is 17.9. The Labute approximate surface area is 150 Å². The van der Waals surface area contributed by atoms with Crippen LogP contribution in [0.5, 0.6) is 5.75 Å². The quantitative estimate of drug-likeness (QED) is 0.889. The van der Waals surface area contributed by atoms with E-state index in [0.29, 0.717) is 12.5 Å². The van der Waals surface area contributed by atoms with Crippen LogP contribution in [0.3, 0.4) is 0 Å².